The normalized spacial score (nSPS) is 12.4. The maximum absolute atomic E-state index is 11.0. The lowest BCUT2D eigenvalue weighted by atomic mass is 9.83. The quantitative estimate of drug-likeness (QED) is 0.286. The van der Waals surface area contributed by atoms with E-state index in [-0.39, 0.29) is 0 Å². The first-order valence-electron chi connectivity index (χ1n) is 9.31. The van der Waals surface area contributed by atoms with E-state index in [4.69, 9.17) is 9.47 Å². The summed E-state index contributed by atoms with van der Waals surface area (Å²) in [5.41, 5.74) is -0.875. The van der Waals surface area contributed by atoms with Crippen molar-refractivity contribution < 1.29 is 39.5 Å². The van der Waals surface area contributed by atoms with Crippen molar-refractivity contribution in [1.29, 1.82) is 0 Å². The van der Waals surface area contributed by atoms with Gasteiger partial charge in [0.25, 0.3) is 0 Å². The number of esters is 2. The summed E-state index contributed by atoms with van der Waals surface area (Å²) in [5, 5.41) is 41.0. The van der Waals surface area contributed by atoms with Crippen LogP contribution in [0.1, 0.15) is 25.0 Å². The minimum Gasteiger partial charge on any atom is -0.511 e. The van der Waals surface area contributed by atoms with Crippen LogP contribution < -0.4 is 9.47 Å². The van der Waals surface area contributed by atoms with E-state index in [0.717, 1.165) is 0 Å². The van der Waals surface area contributed by atoms with E-state index in [1.807, 2.05) is 0 Å². The molecule has 0 radical (unpaired) electrons. The summed E-state index contributed by atoms with van der Waals surface area (Å²) in [6.07, 6.45) is 2.55. The third kappa shape index (κ3) is 6.18. The fraction of sp³-hybridized carbons (Fsp3) is 0.217. The number of hydrogen-bond acceptors (Lipinski definition) is 8. The van der Waals surface area contributed by atoms with Gasteiger partial charge in [-0.2, -0.15) is 0 Å². The third-order valence-corrected chi connectivity index (χ3v) is 4.41. The van der Waals surface area contributed by atoms with E-state index in [1.165, 1.54) is 50.3 Å². The van der Waals surface area contributed by atoms with Crippen molar-refractivity contribution in [2.24, 2.45) is 5.41 Å². The number of carbonyl (C=O) groups is 2. The Morgan fingerprint density at radius 1 is 0.742 bits per heavy atom. The zero-order valence-corrected chi connectivity index (χ0v) is 17.1. The van der Waals surface area contributed by atoms with Gasteiger partial charge in [0.2, 0.25) is 0 Å². The standard InChI is InChI=1S/C23H24O8/c1-15(26)30-19-7-3-17(4-8-19)11-21(28)23(13-24,14-25)22(29)12-18-5-9-20(10-6-18)31-16(2)27/h3-12,24-25,28-29H,13-14H2,1-2H3. The largest absolute Gasteiger partial charge is 0.511 e. The van der Waals surface area contributed by atoms with Gasteiger partial charge < -0.3 is 29.9 Å². The molecule has 0 aliphatic rings. The molecule has 8 heteroatoms. The van der Waals surface area contributed by atoms with Gasteiger partial charge in [0.05, 0.1) is 13.2 Å². The minimum atomic E-state index is -1.84. The summed E-state index contributed by atoms with van der Waals surface area (Å²) >= 11 is 0. The highest BCUT2D eigenvalue weighted by Crippen LogP contribution is 2.35. The number of aliphatic hydroxyl groups is 4. The lowest BCUT2D eigenvalue weighted by Crippen LogP contribution is -2.34. The van der Waals surface area contributed by atoms with E-state index < -0.39 is 42.1 Å². The van der Waals surface area contributed by atoms with Gasteiger partial charge in [0, 0.05) is 13.8 Å². The van der Waals surface area contributed by atoms with Crippen LogP contribution in [0.5, 0.6) is 11.5 Å². The van der Waals surface area contributed by atoms with Crippen LogP contribution in [0.2, 0.25) is 0 Å². The minimum absolute atomic E-state index is 0.319. The molecular weight excluding hydrogens is 404 g/mol. The lowest BCUT2D eigenvalue weighted by Gasteiger charge is -2.28. The van der Waals surface area contributed by atoms with E-state index in [1.54, 1.807) is 24.3 Å². The molecule has 2 rings (SSSR count). The fourth-order valence-electron chi connectivity index (χ4n) is 2.69. The Morgan fingerprint density at radius 3 is 1.32 bits per heavy atom. The van der Waals surface area contributed by atoms with Crippen molar-refractivity contribution in [2.45, 2.75) is 13.8 Å². The molecule has 164 valence electrons. The highest BCUT2D eigenvalue weighted by Gasteiger charge is 2.38. The third-order valence-electron chi connectivity index (χ3n) is 4.41. The second-order valence-corrected chi connectivity index (χ2v) is 6.78. The zero-order chi connectivity index (χ0) is 23.0. The molecule has 0 atom stereocenters. The second kappa shape index (κ2) is 10.4. The molecule has 0 saturated heterocycles. The van der Waals surface area contributed by atoms with Crippen molar-refractivity contribution in [1.82, 2.24) is 0 Å². The molecule has 31 heavy (non-hydrogen) atoms. The average Bonchev–Trinajstić information content (AvgIpc) is 2.71. The van der Waals surface area contributed by atoms with Gasteiger partial charge in [0.15, 0.2) is 0 Å². The summed E-state index contributed by atoms with van der Waals surface area (Å²) in [4.78, 5) is 22.0. The molecular formula is C23H24O8. The van der Waals surface area contributed by atoms with Gasteiger partial charge in [-0.15, -0.1) is 0 Å². The molecule has 0 aliphatic heterocycles. The summed E-state index contributed by atoms with van der Waals surface area (Å²) in [6.45, 7) is 1.00. The number of rotatable bonds is 8. The van der Waals surface area contributed by atoms with Gasteiger partial charge >= 0.3 is 11.9 Å². The van der Waals surface area contributed by atoms with Crippen LogP contribution in [0.15, 0.2) is 60.0 Å². The maximum Gasteiger partial charge on any atom is 0.308 e. The number of hydrogen-bond donors (Lipinski definition) is 4. The summed E-state index contributed by atoms with van der Waals surface area (Å²) in [7, 11) is 0. The van der Waals surface area contributed by atoms with Crippen LogP contribution >= 0.6 is 0 Å². The summed E-state index contributed by atoms with van der Waals surface area (Å²) in [6, 6.07) is 12.3. The molecule has 2 aromatic rings. The average molecular weight is 428 g/mol. The van der Waals surface area contributed by atoms with Crippen molar-refractivity contribution in [3.8, 4) is 11.5 Å². The molecule has 4 N–H and O–H groups in total. The topological polar surface area (TPSA) is 134 Å². The Hall–Kier alpha value is -3.62. The highest BCUT2D eigenvalue weighted by atomic mass is 16.5. The van der Waals surface area contributed by atoms with Gasteiger partial charge in [-0.1, -0.05) is 24.3 Å². The summed E-state index contributed by atoms with van der Waals surface area (Å²) < 4.78 is 9.88. The molecule has 0 amide bonds. The Morgan fingerprint density at radius 2 is 1.06 bits per heavy atom. The molecule has 0 heterocycles. The first-order valence-corrected chi connectivity index (χ1v) is 9.31. The van der Waals surface area contributed by atoms with Crippen LogP contribution in [0.4, 0.5) is 0 Å². The van der Waals surface area contributed by atoms with Gasteiger partial charge in [-0.05, 0) is 47.5 Å². The van der Waals surface area contributed by atoms with E-state index in [2.05, 4.69) is 0 Å². The Balaban J connectivity index is 2.32. The van der Waals surface area contributed by atoms with Gasteiger partial charge in [-0.3, -0.25) is 9.59 Å². The first-order chi connectivity index (χ1) is 14.7. The maximum atomic E-state index is 11.0. The molecule has 8 nitrogen and oxygen atoms in total. The predicted octanol–water partition coefficient (Wildman–Crippen LogP) is 3.01. The van der Waals surface area contributed by atoms with Crippen molar-refractivity contribution in [3.05, 3.63) is 71.2 Å². The molecule has 0 spiro atoms. The fourth-order valence-corrected chi connectivity index (χ4v) is 2.69. The summed E-state index contributed by atoms with van der Waals surface area (Å²) in [5.74, 6) is -1.24. The van der Waals surface area contributed by atoms with Crippen molar-refractivity contribution in [2.75, 3.05) is 13.2 Å². The van der Waals surface area contributed by atoms with Crippen LogP contribution in [0.3, 0.4) is 0 Å². The van der Waals surface area contributed by atoms with Crippen molar-refractivity contribution >= 4 is 24.1 Å². The predicted molar refractivity (Wildman–Crippen MR) is 113 cm³/mol. The lowest BCUT2D eigenvalue weighted by molar-refractivity contribution is -0.132. The number of ether oxygens (including phenoxy) is 2. The molecule has 0 saturated carbocycles. The molecule has 0 aromatic heterocycles. The zero-order valence-electron chi connectivity index (χ0n) is 17.1. The smallest absolute Gasteiger partial charge is 0.308 e. The Labute approximate surface area is 179 Å². The van der Waals surface area contributed by atoms with E-state index >= 15 is 0 Å². The highest BCUT2D eigenvalue weighted by molar-refractivity contribution is 5.70. The molecule has 0 aliphatic carbocycles. The van der Waals surface area contributed by atoms with E-state index in [9.17, 15) is 30.0 Å². The van der Waals surface area contributed by atoms with Crippen LogP contribution in [0.25, 0.3) is 12.2 Å². The number of carbonyl (C=O) groups excluding carboxylic acids is 2. The first kappa shape index (κ1) is 23.7. The van der Waals surface area contributed by atoms with E-state index in [0.29, 0.717) is 22.6 Å². The van der Waals surface area contributed by atoms with Gasteiger partial charge in [0.1, 0.15) is 28.4 Å². The van der Waals surface area contributed by atoms with Crippen LogP contribution in [-0.4, -0.2) is 45.6 Å². The Kier molecular flexibility index (Phi) is 7.95. The Bertz CT molecular complexity index is 890. The molecule has 0 bridgehead atoms. The monoisotopic (exact) mass is 428 g/mol. The van der Waals surface area contributed by atoms with Crippen molar-refractivity contribution in [3.63, 3.8) is 0 Å². The second-order valence-electron chi connectivity index (χ2n) is 6.78. The molecule has 0 fully saturated rings. The SMILES string of the molecule is CC(=O)Oc1ccc(C=C(O)C(CO)(CO)C(O)=Cc2ccc(OC(C)=O)cc2)cc1. The number of benzene rings is 2. The molecule has 0 unspecified atom stereocenters. The number of aliphatic hydroxyl groups excluding tert-OH is 4. The van der Waals surface area contributed by atoms with Crippen LogP contribution in [-0.2, 0) is 9.59 Å². The van der Waals surface area contributed by atoms with Crippen LogP contribution in [0, 0.1) is 5.41 Å². The molecule has 2 aromatic carbocycles. The van der Waals surface area contributed by atoms with Gasteiger partial charge in [-0.25, -0.2) is 0 Å².